The Balaban J connectivity index is 2.78. The minimum Gasteiger partial charge on any atom is -0.323 e. The predicted octanol–water partition coefficient (Wildman–Crippen LogP) is 3.60. The lowest BCUT2D eigenvalue weighted by molar-refractivity contribution is -0.137. The Hall–Kier alpha value is -0.620. The minimum absolute atomic E-state index is 0.173. The summed E-state index contributed by atoms with van der Waals surface area (Å²) in [6.07, 6.45) is -1.25. The Bertz CT molecular complexity index is 335. The van der Waals surface area contributed by atoms with Gasteiger partial charge in [0.15, 0.2) is 5.01 Å². The van der Waals surface area contributed by atoms with Crippen LogP contribution in [-0.2, 0) is 6.18 Å². The van der Waals surface area contributed by atoms with E-state index in [1.165, 1.54) is 6.20 Å². The number of alkyl halides is 3. The Morgan fingerprint density at radius 3 is 2.56 bits per heavy atom. The fourth-order valence-corrected chi connectivity index (χ4v) is 2.41. The zero-order valence-electron chi connectivity index (χ0n) is 9.21. The third-order valence-corrected chi connectivity index (χ3v) is 3.60. The summed E-state index contributed by atoms with van der Waals surface area (Å²) in [7, 11) is 0. The molecule has 0 bridgehead atoms. The number of aromatic nitrogens is 1. The van der Waals surface area contributed by atoms with Crippen LogP contribution in [0, 0.1) is 5.92 Å². The zero-order valence-corrected chi connectivity index (χ0v) is 10.0. The molecule has 0 fully saturated rings. The van der Waals surface area contributed by atoms with Gasteiger partial charge in [0.05, 0.1) is 0 Å². The molecule has 0 radical (unpaired) electrons. The van der Waals surface area contributed by atoms with Crippen LogP contribution in [0.5, 0.6) is 0 Å². The van der Waals surface area contributed by atoms with Crippen molar-refractivity contribution in [2.45, 2.75) is 38.9 Å². The molecule has 6 heteroatoms. The summed E-state index contributed by atoms with van der Waals surface area (Å²) in [4.78, 5) is 3.87. The summed E-state index contributed by atoms with van der Waals surface area (Å²) >= 11 is 0.641. The number of thiazole rings is 1. The van der Waals surface area contributed by atoms with Gasteiger partial charge in [-0.05, 0) is 12.3 Å². The highest BCUT2D eigenvalue weighted by Gasteiger charge is 2.35. The van der Waals surface area contributed by atoms with Crippen LogP contribution in [0.25, 0.3) is 0 Å². The summed E-state index contributed by atoms with van der Waals surface area (Å²) in [5.74, 6) is 0.173. The van der Waals surface area contributed by atoms with E-state index in [1.54, 1.807) is 0 Å². The molecule has 0 aliphatic heterocycles. The second-order valence-corrected chi connectivity index (χ2v) is 4.92. The molecule has 0 spiro atoms. The van der Waals surface area contributed by atoms with E-state index in [9.17, 15) is 13.2 Å². The molecule has 2 nitrogen and oxygen atoms in total. The number of halogens is 3. The minimum atomic E-state index is -4.36. The van der Waals surface area contributed by atoms with Crippen molar-refractivity contribution in [3.63, 3.8) is 0 Å². The fraction of sp³-hybridized carbons (Fsp3) is 0.700. The van der Waals surface area contributed by atoms with Gasteiger partial charge in [0.2, 0.25) is 0 Å². The molecule has 1 aromatic heterocycles. The summed E-state index contributed by atoms with van der Waals surface area (Å²) in [6.45, 7) is 3.97. The Labute approximate surface area is 96.7 Å². The van der Waals surface area contributed by atoms with Crippen molar-refractivity contribution in [2.24, 2.45) is 11.7 Å². The maximum atomic E-state index is 12.3. The van der Waals surface area contributed by atoms with Gasteiger partial charge in [-0.3, -0.25) is 0 Å². The molecule has 1 heterocycles. The standard InChI is InChI=1S/C10H15F3N2S/c1-3-4-6(2)8(14)7-5-15-9(16-7)10(11,12)13/h5-6,8H,3-4,14H2,1-2H3. The van der Waals surface area contributed by atoms with Crippen LogP contribution in [0.3, 0.4) is 0 Å². The van der Waals surface area contributed by atoms with Gasteiger partial charge in [-0.25, -0.2) is 4.98 Å². The summed E-state index contributed by atoms with van der Waals surface area (Å²) < 4.78 is 37.0. The van der Waals surface area contributed by atoms with E-state index in [2.05, 4.69) is 4.98 Å². The molecule has 2 atom stereocenters. The molecular formula is C10H15F3N2S. The van der Waals surface area contributed by atoms with Crippen molar-refractivity contribution < 1.29 is 13.2 Å². The summed E-state index contributed by atoms with van der Waals surface area (Å²) in [5.41, 5.74) is 5.88. The Morgan fingerprint density at radius 1 is 1.50 bits per heavy atom. The van der Waals surface area contributed by atoms with Gasteiger partial charge in [0.25, 0.3) is 0 Å². The van der Waals surface area contributed by atoms with E-state index in [4.69, 9.17) is 5.73 Å². The number of rotatable bonds is 4. The monoisotopic (exact) mass is 252 g/mol. The van der Waals surface area contributed by atoms with Gasteiger partial charge in [0, 0.05) is 17.1 Å². The van der Waals surface area contributed by atoms with E-state index in [0.717, 1.165) is 12.8 Å². The maximum absolute atomic E-state index is 12.3. The smallest absolute Gasteiger partial charge is 0.323 e. The van der Waals surface area contributed by atoms with E-state index in [1.807, 2.05) is 13.8 Å². The molecule has 16 heavy (non-hydrogen) atoms. The Morgan fingerprint density at radius 2 is 2.12 bits per heavy atom. The first-order valence-corrected chi connectivity index (χ1v) is 5.96. The van der Waals surface area contributed by atoms with Gasteiger partial charge in [-0.1, -0.05) is 20.3 Å². The summed E-state index contributed by atoms with van der Waals surface area (Å²) in [5, 5.41) is -0.818. The molecule has 2 unspecified atom stereocenters. The van der Waals surface area contributed by atoms with Crippen molar-refractivity contribution in [3.05, 3.63) is 16.1 Å². The van der Waals surface area contributed by atoms with Gasteiger partial charge >= 0.3 is 6.18 Å². The number of hydrogen-bond donors (Lipinski definition) is 1. The average Bonchev–Trinajstić information content (AvgIpc) is 2.65. The molecule has 1 rings (SSSR count). The lowest BCUT2D eigenvalue weighted by Crippen LogP contribution is -2.17. The first-order valence-electron chi connectivity index (χ1n) is 5.14. The van der Waals surface area contributed by atoms with Gasteiger partial charge < -0.3 is 5.73 Å². The highest BCUT2D eigenvalue weighted by atomic mass is 32.1. The van der Waals surface area contributed by atoms with Crippen LogP contribution in [0.1, 0.15) is 42.6 Å². The summed E-state index contributed by atoms with van der Waals surface area (Å²) in [6, 6.07) is -0.353. The number of nitrogens with two attached hydrogens (primary N) is 1. The van der Waals surface area contributed by atoms with Crippen molar-refractivity contribution in [1.82, 2.24) is 4.98 Å². The number of nitrogens with zero attached hydrogens (tertiary/aromatic N) is 1. The van der Waals surface area contributed by atoms with Crippen LogP contribution < -0.4 is 5.73 Å². The lowest BCUT2D eigenvalue weighted by atomic mass is 9.97. The second-order valence-electron chi connectivity index (χ2n) is 3.86. The third-order valence-electron chi connectivity index (χ3n) is 2.45. The van der Waals surface area contributed by atoms with Crippen molar-refractivity contribution >= 4 is 11.3 Å². The molecule has 0 amide bonds. The molecular weight excluding hydrogens is 237 g/mol. The average molecular weight is 252 g/mol. The van der Waals surface area contributed by atoms with Crippen LogP contribution in [0.15, 0.2) is 6.20 Å². The largest absolute Gasteiger partial charge is 0.443 e. The van der Waals surface area contributed by atoms with Crippen molar-refractivity contribution in [1.29, 1.82) is 0 Å². The third kappa shape index (κ3) is 3.18. The number of hydrogen-bond acceptors (Lipinski definition) is 3. The molecule has 0 aliphatic carbocycles. The zero-order chi connectivity index (χ0) is 12.3. The first kappa shape index (κ1) is 13.4. The van der Waals surface area contributed by atoms with E-state index < -0.39 is 11.2 Å². The molecule has 0 aliphatic rings. The highest BCUT2D eigenvalue weighted by Crippen LogP contribution is 2.35. The normalized spacial score (nSPS) is 16.1. The molecule has 0 aromatic carbocycles. The lowest BCUT2D eigenvalue weighted by Gasteiger charge is -2.17. The molecule has 2 N–H and O–H groups in total. The van der Waals surface area contributed by atoms with E-state index in [-0.39, 0.29) is 12.0 Å². The van der Waals surface area contributed by atoms with Crippen LogP contribution in [-0.4, -0.2) is 4.98 Å². The topological polar surface area (TPSA) is 38.9 Å². The van der Waals surface area contributed by atoms with Crippen LogP contribution in [0.4, 0.5) is 13.2 Å². The second kappa shape index (κ2) is 5.14. The predicted molar refractivity (Wildman–Crippen MR) is 58.1 cm³/mol. The maximum Gasteiger partial charge on any atom is 0.443 e. The quantitative estimate of drug-likeness (QED) is 0.889. The van der Waals surface area contributed by atoms with Crippen molar-refractivity contribution in [2.75, 3.05) is 0 Å². The first-order chi connectivity index (χ1) is 7.36. The SMILES string of the molecule is CCCC(C)C(N)c1cnc(C(F)(F)F)s1. The van der Waals surface area contributed by atoms with Gasteiger partial charge in [-0.2, -0.15) is 13.2 Å². The molecule has 0 saturated heterocycles. The Kier molecular flexibility index (Phi) is 4.32. The van der Waals surface area contributed by atoms with Crippen LogP contribution in [0.2, 0.25) is 0 Å². The highest BCUT2D eigenvalue weighted by molar-refractivity contribution is 7.11. The van der Waals surface area contributed by atoms with E-state index >= 15 is 0 Å². The fourth-order valence-electron chi connectivity index (χ4n) is 1.49. The molecule has 92 valence electrons. The van der Waals surface area contributed by atoms with E-state index in [0.29, 0.717) is 16.2 Å². The van der Waals surface area contributed by atoms with Crippen molar-refractivity contribution in [3.8, 4) is 0 Å². The molecule has 0 saturated carbocycles. The molecule has 1 aromatic rings. The van der Waals surface area contributed by atoms with Gasteiger partial charge in [-0.15, -0.1) is 11.3 Å². The van der Waals surface area contributed by atoms with Crippen LogP contribution >= 0.6 is 11.3 Å². The van der Waals surface area contributed by atoms with Gasteiger partial charge in [0.1, 0.15) is 0 Å².